The van der Waals surface area contributed by atoms with Crippen molar-refractivity contribution in [3.8, 4) is 0 Å². The van der Waals surface area contributed by atoms with Crippen molar-refractivity contribution in [3.05, 3.63) is 59.4 Å². The molecule has 8 heteroatoms. The van der Waals surface area contributed by atoms with E-state index in [2.05, 4.69) is 10.6 Å². The quantitative estimate of drug-likeness (QED) is 0.570. The van der Waals surface area contributed by atoms with Crippen molar-refractivity contribution in [1.29, 1.82) is 0 Å². The van der Waals surface area contributed by atoms with Gasteiger partial charge in [-0.1, -0.05) is 6.07 Å². The molecule has 0 saturated carbocycles. The van der Waals surface area contributed by atoms with Gasteiger partial charge in [0.2, 0.25) is 0 Å². The summed E-state index contributed by atoms with van der Waals surface area (Å²) in [6.07, 6.45) is 0. The number of nitrogens with one attached hydrogen (secondary N) is 2. The Balaban J connectivity index is 2.27. The monoisotopic (exact) mass is 390 g/mol. The lowest BCUT2D eigenvalue weighted by molar-refractivity contribution is 0.0512. The number of hydrogen-bond acceptors (Lipinski definition) is 5. The first-order valence-corrected chi connectivity index (χ1v) is 8.67. The summed E-state index contributed by atoms with van der Waals surface area (Å²) in [7, 11) is 0. The van der Waals surface area contributed by atoms with Crippen LogP contribution >= 0.6 is 12.2 Å². The van der Waals surface area contributed by atoms with Gasteiger partial charge in [-0.2, -0.15) is 0 Å². The first-order valence-electron chi connectivity index (χ1n) is 8.26. The van der Waals surface area contributed by atoms with E-state index in [9.17, 15) is 14.0 Å². The van der Waals surface area contributed by atoms with Gasteiger partial charge in [0.15, 0.2) is 5.11 Å². The number of esters is 2. The second-order valence-corrected chi connectivity index (χ2v) is 5.70. The molecular formula is C19H19FN2O4S. The third-order valence-corrected chi connectivity index (χ3v) is 3.56. The largest absolute Gasteiger partial charge is 0.462 e. The van der Waals surface area contributed by atoms with E-state index in [4.69, 9.17) is 21.7 Å². The van der Waals surface area contributed by atoms with E-state index >= 15 is 0 Å². The van der Waals surface area contributed by atoms with E-state index < -0.39 is 17.8 Å². The molecule has 0 aliphatic carbocycles. The van der Waals surface area contributed by atoms with Gasteiger partial charge in [0, 0.05) is 5.69 Å². The smallest absolute Gasteiger partial charge is 0.340 e. The van der Waals surface area contributed by atoms with Crippen LogP contribution in [-0.4, -0.2) is 30.3 Å². The first-order chi connectivity index (χ1) is 12.9. The second kappa shape index (κ2) is 9.63. The Morgan fingerprint density at radius 1 is 1.00 bits per heavy atom. The molecule has 0 unspecified atom stereocenters. The molecular weight excluding hydrogens is 371 g/mol. The average molecular weight is 390 g/mol. The number of rotatable bonds is 6. The predicted octanol–water partition coefficient (Wildman–Crippen LogP) is 3.99. The molecule has 6 nitrogen and oxygen atoms in total. The molecule has 0 aliphatic heterocycles. The summed E-state index contributed by atoms with van der Waals surface area (Å²) in [6, 6.07) is 10.1. The Morgan fingerprint density at radius 3 is 2.37 bits per heavy atom. The van der Waals surface area contributed by atoms with Crippen molar-refractivity contribution < 1.29 is 23.5 Å². The summed E-state index contributed by atoms with van der Waals surface area (Å²) in [5.74, 6) is -1.51. The van der Waals surface area contributed by atoms with Gasteiger partial charge in [-0.3, -0.25) is 0 Å². The minimum absolute atomic E-state index is 0.118. The van der Waals surface area contributed by atoms with Crippen molar-refractivity contribution in [3.63, 3.8) is 0 Å². The molecule has 27 heavy (non-hydrogen) atoms. The highest BCUT2D eigenvalue weighted by atomic mass is 32.1. The Kier molecular flexibility index (Phi) is 7.25. The molecule has 0 heterocycles. The van der Waals surface area contributed by atoms with Crippen LogP contribution in [0.4, 0.5) is 15.8 Å². The zero-order valence-corrected chi connectivity index (χ0v) is 15.7. The number of carbonyl (C=O) groups excluding carboxylic acids is 2. The molecule has 0 spiro atoms. The summed E-state index contributed by atoms with van der Waals surface area (Å²) >= 11 is 5.22. The number of ether oxygens (including phenoxy) is 2. The van der Waals surface area contributed by atoms with Gasteiger partial charge in [-0.15, -0.1) is 0 Å². The maximum atomic E-state index is 13.3. The number of hydrogen-bond donors (Lipinski definition) is 2. The van der Waals surface area contributed by atoms with Crippen LogP contribution in [0.5, 0.6) is 0 Å². The molecule has 0 bridgehead atoms. The summed E-state index contributed by atoms with van der Waals surface area (Å²) in [4.78, 5) is 24.1. The molecule has 0 saturated heterocycles. The Morgan fingerprint density at radius 2 is 1.70 bits per heavy atom. The predicted molar refractivity (Wildman–Crippen MR) is 105 cm³/mol. The maximum Gasteiger partial charge on any atom is 0.340 e. The van der Waals surface area contributed by atoms with Crippen molar-refractivity contribution in [1.82, 2.24) is 0 Å². The fourth-order valence-electron chi connectivity index (χ4n) is 2.23. The fraction of sp³-hybridized carbons (Fsp3) is 0.211. The van der Waals surface area contributed by atoms with Gasteiger partial charge < -0.3 is 20.1 Å². The minimum atomic E-state index is -0.566. The molecule has 0 atom stereocenters. The lowest BCUT2D eigenvalue weighted by Gasteiger charge is -2.15. The summed E-state index contributed by atoms with van der Waals surface area (Å²) in [5.41, 5.74) is 1.16. The molecule has 0 aliphatic rings. The van der Waals surface area contributed by atoms with E-state index in [1.165, 1.54) is 36.4 Å². The average Bonchev–Trinajstić information content (AvgIpc) is 2.62. The van der Waals surface area contributed by atoms with E-state index in [1.54, 1.807) is 19.9 Å². The number of thiocarbonyl (C=S) groups is 1. The standard InChI is InChI=1S/C19H19FN2O4S/c1-3-25-17(23)12-8-9-15(18(24)26-4-2)16(10-12)22-19(27)21-14-7-5-6-13(20)11-14/h5-11H,3-4H2,1-2H3,(H2,21,22,27). The van der Waals surface area contributed by atoms with Gasteiger partial charge in [-0.25, -0.2) is 14.0 Å². The van der Waals surface area contributed by atoms with Gasteiger partial charge in [0.25, 0.3) is 0 Å². The van der Waals surface area contributed by atoms with Crippen LogP contribution in [-0.2, 0) is 9.47 Å². The summed E-state index contributed by atoms with van der Waals surface area (Å²) < 4.78 is 23.3. The maximum absolute atomic E-state index is 13.3. The van der Waals surface area contributed by atoms with Gasteiger partial charge in [0.1, 0.15) is 5.82 Å². The lowest BCUT2D eigenvalue weighted by atomic mass is 10.1. The van der Waals surface area contributed by atoms with Crippen LogP contribution in [0.15, 0.2) is 42.5 Å². The molecule has 2 aromatic rings. The summed E-state index contributed by atoms with van der Waals surface area (Å²) in [5, 5.41) is 5.78. The lowest BCUT2D eigenvalue weighted by Crippen LogP contribution is -2.21. The van der Waals surface area contributed by atoms with Crippen LogP contribution in [0.2, 0.25) is 0 Å². The number of anilines is 2. The Labute approximate surface area is 161 Å². The van der Waals surface area contributed by atoms with Crippen molar-refractivity contribution >= 4 is 40.6 Å². The Bertz CT molecular complexity index is 857. The highest BCUT2D eigenvalue weighted by Crippen LogP contribution is 2.21. The van der Waals surface area contributed by atoms with Crippen LogP contribution in [0.1, 0.15) is 34.6 Å². The summed E-state index contributed by atoms with van der Waals surface area (Å²) in [6.45, 7) is 3.81. The SMILES string of the molecule is CCOC(=O)c1ccc(C(=O)OCC)c(NC(=S)Nc2cccc(F)c2)c1. The van der Waals surface area contributed by atoms with E-state index in [-0.39, 0.29) is 35.1 Å². The molecule has 2 rings (SSSR count). The molecule has 0 radical (unpaired) electrons. The number of carbonyl (C=O) groups is 2. The van der Waals surface area contributed by atoms with Crippen LogP contribution in [0, 0.1) is 5.82 Å². The number of halogens is 1. The minimum Gasteiger partial charge on any atom is -0.462 e. The topological polar surface area (TPSA) is 76.7 Å². The van der Waals surface area contributed by atoms with Gasteiger partial charge >= 0.3 is 11.9 Å². The van der Waals surface area contributed by atoms with Crippen molar-refractivity contribution in [2.24, 2.45) is 0 Å². The Hall–Kier alpha value is -3.00. The first kappa shape index (κ1) is 20.3. The molecule has 2 aromatic carbocycles. The second-order valence-electron chi connectivity index (χ2n) is 5.29. The van der Waals surface area contributed by atoms with Crippen molar-refractivity contribution in [2.45, 2.75) is 13.8 Å². The normalized spacial score (nSPS) is 10.0. The third kappa shape index (κ3) is 5.75. The molecule has 2 N–H and O–H groups in total. The number of benzene rings is 2. The van der Waals surface area contributed by atoms with E-state index in [1.807, 2.05) is 0 Å². The molecule has 142 valence electrons. The highest BCUT2D eigenvalue weighted by molar-refractivity contribution is 7.80. The van der Waals surface area contributed by atoms with E-state index in [0.29, 0.717) is 5.69 Å². The van der Waals surface area contributed by atoms with Gasteiger partial charge in [-0.05, 0) is 62.5 Å². The zero-order valence-electron chi connectivity index (χ0n) is 14.9. The van der Waals surface area contributed by atoms with Crippen LogP contribution in [0.3, 0.4) is 0 Å². The third-order valence-electron chi connectivity index (χ3n) is 3.36. The molecule has 0 aromatic heterocycles. The van der Waals surface area contributed by atoms with Crippen molar-refractivity contribution in [2.75, 3.05) is 23.8 Å². The zero-order chi connectivity index (χ0) is 19.8. The van der Waals surface area contributed by atoms with E-state index in [0.717, 1.165) is 0 Å². The van der Waals surface area contributed by atoms with Gasteiger partial charge in [0.05, 0.1) is 30.0 Å². The fourth-order valence-corrected chi connectivity index (χ4v) is 2.45. The highest BCUT2D eigenvalue weighted by Gasteiger charge is 2.17. The van der Waals surface area contributed by atoms with Crippen LogP contribution in [0.25, 0.3) is 0 Å². The van der Waals surface area contributed by atoms with Crippen LogP contribution < -0.4 is 10.6 Å². The molecule has 0 amide bonds. The molecule has 0 fully saturated rings.